The average Bonchev–Trinajstić information content (AvgIpc) is 2.56. The Morgan fingerprint density at radius 2 is 2.21 bits per heavy atom. The zero-order valence-corrected chi connectivity index (χ0v) is 9.08. The van der Waals surface area contributed by atoms with E-state index in [4.69, 9.17) is 4.74 Å². The molecule has 0 saturated carbocycles. The summed E-state index contributed by atoms with van der Waals surface area (Å²) < 4.78 is 5.82. The van der Waals surface area contributed by atoms with Gasteiger partial charge in [-0.05, 0) is 28.1 Å². The van der Waals surface area contributed by atoms with E-state index in [0.29, 0.717) is 6.61 Å². The first-order valence-electron chi connectivity index (χ1n) is 4.45. The van der Waals surface area contributed by atoms with E-state index in [2.05, 4.69) is 21.2 Å². The van der Waals surface area contributed by atoms with Crippen LogP contribution in [0.2, 0.25) is 0 Å². The van der Waals surface area contributed by atoms with Crippen molar-refractivity contribution in [2.45, 2.75) is 12.5 Å². The molecule has 1 fully saturated rings. The van der Waals surface area contributed by atoms with Crippen LogP contribution in [0.15, 0.2) is 28.7 Å². The lowest BCUT2D eigenvalue weighted by atomic mass is 10.2. The first kappa shape index (κ1) is 9.52. The minimum atomic E-state index is -0.200. The number of carbonyl (C=O) groups excluding carboxylic acids is 1. The fraction of sp³-hybridized carbons (Fsp3) is 0.300. The Hall–Kier alpha value is -1.03. The van der Waals surface area contributed by atoms with Gasteiger partial charge in [0.2, 0.25) is 0 Å². The Morgan fingerprint density at radius 3 is 2.86 bits per heavy atom. The zero-order chi connectivity index (χ0) is 9.97. The molecule has 4 heteroatoms. The highest BCUT2D eigenvalue weighted by molar-refractivity contribution is 9.10. The van der Waals surface area contributed by atoms with Crippen LogP contribution < -0.4 is 5.32 Å². The molecule has 1 heterocycles. The predicted octanol–water partition coefficient (Wildman–Crippen LogP) is 2.18. The van der Waals surface area contributed by atoms with E-state index in [-0.39, 0.29) is 12.0 Å². The van der Waals surface area contributed by atoms with Gasteiger partial charge in [-0.25, -0.2) is 4.79 Å². The minimum Gasteiger partial charge on any atom is -0.464 e. The summed E-state index contributed by atoms with van der Waals surface area (Å²) in [5.74, 6) is -0.166. The Kier molecular flexibility index (Phi) is 2.72. The maximum Gasteiger partial charge on any atom is 0.328 e. The van der Waals surface area contributed by atoms with Gasteiger partial charge in [-0.15, -0.1) is 0 Å². The molecule has 1 aliphatic heterocycles. The van der Waals surface area contributed by atoms with Gasteiger partial charge in [0.15, 0.2) is 0 Å². The SMILES string of the molecule is O=C1OCCC1Nc1ccccc1Br. The van der Waals surface area contributed by atoms with Crippen LogP contribution >= 0.6 is 15.9 Å². The maximum absolute atomic E-state index is 11.2. The summed E-state index contributed by atoms with van der Waals surface area (Å²) in [5.41, 5.74) is 0.927. The van der Waals surface area contributed by atoms with Gasteiger partial charge < -0.3 is 10.1 Å². The van der Waals surface area contributed by atoms with Gasteiger partial charge in [0.25, 0.3) is 0 Å². The van der Waals surface area contributed by atoms with E-state index >= 15 is 0 Å². The molecule has 1 N–H and O–H groups in total. The smallest absolute Gasteiger partial charge is 0.328 e. The molecule has 1 atom stereocenters. The Balaban J connectivity index is 2.10. The highest BCUT2D eigenvalue weighted by atomic mass is 79.9. The summed E-state index contributed by atoms with van der Waals surface area (Å²) in [4.78, 5) is 11.2. The molecular formula is C10H10BrNO2. The van der Waals surface area contributed by atoms with Crippen molar-refractivity contribution in [2.75, 3.05) is 11.9 Å². The van der Waals surface area contributed by atoms with Crippen molar-refractivity contribution in [3.05, 3.63) is 28.7 Å². The van der Waals surface area contributed by atoms with Crippen LogP contribution in [0.1, 0.15) is 6.42 Å². The highest BCUT2D eigenvalue weighted by Gasteiger charge is 2.26. The van der Waals surface area contributed by atoms with E-state index in [1.165, 1.54) is 0 Å². The first-order valence-corrected chi connectivity index (χ1v) is 5.24. The maximum atomic E-state index is 11.2. The molecule has 1 aliphatic rings. The summed E-state index contributed by atoms with van der Waals surface area (Å²) in [7, 11) is 0. The Labute approximate surface area is 90.6 Å². The van der Waals surface area contributed by atoms with Crippen LogP contribution in [0.3, 0.4) is 0 Å². The number of benzene rings is 1. The van der Waals surface area contributed by atoms with Gasteiger partial charge in [0.1, 0.15) is 6.04 Å². The number of nitrogens with one attached hydrogen (secondary N) is 1. The summed E-state index contributed by atoms with van der Waals surface area (Å²) in [6, 6.07) is 7.52. The molecule has 0 spiro atoms. The largest absolute Gasteiger partial charge is 0.464 e. The lowest BCUT2D eigenvalue weighted by molar-refractivity contribution is -0.138. The number of anilines is 1. The number of halogens is 1. The number of carbonyl (C=O) groups is 1. The lowest BCUT2D eigenvalue weighted by Gasteiger charge is -2.11. The highest BCUT2D eigenvalue weighted by Crippen LogP contribution is 2.23. The summed E-state index contributed by atoms with van der Waals surface area (Å²) >= 11 is 3.41. The van der Waals surface area contributed by atoms with Gasteiger partial charge >= 0.3 is 5.97 Å². The van der Waals surface area contributed by atoms with Crippen molar-refractivity contribution >= 4 is 27.6 Å². The molecule has 2 rings (SSSR count). The second kappa shape index (κ2) is 4.00. The van der Waals surface area contributed by atoms with E-state index in [1.807, 2.05) is 24.3 Å². The second-order valence-corrected chi connectivity index (χ2v) is 3.99. The number of rotatable bonds is 2. The Bertz CT molecular complexity index is 354. The van der Waals surface area contributed by atoms with Crippen molar-refractivity contribution in [1.29, 1.82) is 0 Å². The third-order valence-electron chi connectivity index (χ3n) is 2.14. The van der Waals surface area contributed by atoms with E-state index < -0.39 is 0 Å². The average molecular weight is 256 g/mol. The van der Waals surface area contributed by atoms with Crippen molar-refractivity contribution in [1.82, 2.24) is 0 Å². The lowest BCUT2D eigenvalue weighted by Crippen LogP contribution is -2.24. The molecule has 1 unspecified atom stereocenters. The first-order chi connectivity index (χ1) is 6.77. The number of hydrogen-bond donors (Lipinski definition) is 1. The van der Waals surface area contributed by atoms with E-state index in [0.717, 1.165) is 16.6 Å². The van der Waals surface area contributed by atoms with Crippen molar-refractivity contribution in [2.24, 2.45) is 0 Å². The van der Waals surface area contributed by atoms with Crippen LogP contribution in [-0.4, -0.2) is 18.6 Å². The van der Waals surface area contributed by atoms with Crippen LogP contribution in [0.4, 0.5) is 5.69 Å². The molecule has 0 radical (unpaired) electrons. The topological polar surface area (TPSA) is 38.3 Å². The van der Waals surface area contributed by atoms with Crippen LogP contribution in [0, 0.1) is 0 Å². The van der Waals surface area contributed by atoms with Gasteiger partial charge in [-0.2, -0.15) is 0 Å². The number of hydrogen-bond acceptors (Lipinski definition) is 3. The molecule has 1 aromatic carbocycles. The standard InChI is InChI=1S/C10H10BrNO2/c11-7-3-1-2-4-8(7)12-9-5-6-14-10(9)13/h1-4,9,12H,5-6H2. The Morgan fingerprint density at radius 1 is 1.43 bits per heavy atom. The van der Waals surface area contributed by atoms with Crippen molar-refractivity contribution in [3.63, 3.8) is 0 Å². The quantitative estimate of drug-likeness (QED) is 0.824. The van der Waals surface area contributed by atoms with Gasteiger partial charge in [-0.1, -0.05) is 12.1 Å². The molecule has 1 saturated heterocycles. The fourth-order valence-corrected chi connectivity index (χ4v) is 1.79. The third kappa shape index (κ3) is 1.90. The number of esters is 1. The van der Waals surface area contributed by atoms with Crippen molar-refractivity contribution in [3.8, 4) is 0 Å². The van der Waals surface area contributed by atoms with Gasteiger partial charge in [-0.3, -0.25) is 0 Å². The predicted molar refractivity (Wildman–Crippen MR) is 57.1 cm³/mol. The molecule has 0 aromatic heterocycles. The number of ether oxygens (including phenoxy) is 1. The van der Waals surface area contributed by atoms with Crippen LogP contribution in [0.5, 0.6) is 0 Å². The molecule has 3 nitrogen and oxygen atoms in total. The molecule has 74 valence electrons. The number of para-hydroxylation sites is 1. The van der Waals surface area contributed by atoms with E-state index in [9.17, 15) is 4.79 Å². The molecule has 14 heavy (non-hydrogen) atoms. The molecule has 1 aromatic rings. The third-order valence-corrected chi connectivity index (χ3v) is 2.83. The molecule has 0 aliphatic carbocycles. The van der Waals surface area contributed by atoms with Gasteiger partial charge in [0, 0.05) is 16.6 Å². The van der Waals surface area contributed by atoms with E-state index in [1.54, 1.807) is 0 Å². The van der Waals surface area contributed by atoms with Gasteiger partial charge in [0.05, 0.1) is 6.61 Å². The monoisotopic (exact) mass is 255 g/mol. The molecular weight excluding hydrogens is 246 g/mol. The summed E-state index contributed by atoms with van der Waals surface area (Å²) in [6.45, 7) is 0.515. The van der Waals surface area contributed by atoms with Crippen molar-refractivity contribution < 1.29 is 9.53 Å². The molecule has 0 bridgehead atoms. The summed E-state index contributed by atoms with van der Waals surface area (Å²) in [6.07, 6.45) is 0.736. The second-order valence-electron chi connectivity index (χ2n) is 3.13. The zero-order valence-electron chi connectivity index (χ0n) is 7.50. The minimum absolute atomic E-state index is 0.166. The molecule has 0 amide bonds. The number of cyclic esters (lactones) is 1. The summed E-state index contributed by atoms with van der Waals surface area (Å²) in [5, 5.41) is 3.14. The van der Waals surface area contributed by atoms with Crippen LogP contribution in [-0.2, 0) is 9.53 Å². The van der Waals surface area contributed by atoms with Crippen LogP contribution in [0.25, 0.3) is 0 Å². The fourth-order valence-electron chi connectivity index (χ4n) is 1.39. The normalized spacial score (nSPS) is 20.6.